The Balaban J connectivity index is 1.23. The smallest absolute Gasteiger partial charge is 0.408 e. The second-order valence-electron chi connectivity index (χ2n) is 14.7. The van der Waals surface area contributed by atoms with Crippen LogP contribution in [0.1, 0.15) is 56.9 Å². The number of amides is 3. The summed E-state index contributed by atoms with van der Waals surface area (Å²) in [5.74, 6) is -0.611. The van der Waals surface area contributed by atoms with E-state index in [4.69, 9.17) is 23.9 Å². The lowest BCUT2D eigenvalue weighted by molar-refractivity contribution is -0.144. The van der Waals surface area contributed by atoms with Gasteiger partial charge in [0.25, 0.3) is 0 Å². The minimum Gasteiger partial charge on any atom is -0.497 e. The van der Waals surface area contributed by atoms with Crippen LogP contribution in [0.5, 0.6) is 17.2 Å². The quantitative estimate of drug-likeness (QED) is 0.183. The number of carbonyl (C=O) groups excluding carboxylic acids is 3. The molecule has 4 aromatic rings. The van der Waals surface area contributed by atoms with Crippen molar-refractivity contribution in [1.82, 2.24) is 20.5 Å². The monoisotopic (exact) mass is 776 g/mol. The molecule has 0 spiro atoms. The fraction of sp³-hybridized carbons (Fsp3) is 0.386. The minimum atomic E-state index is -1.20. The second-order valence-corrected chi connectivity index (χ2v) is 14.7. The number of fused-ring (bicyclic) bond motifs is 4. The molecule has 3 aromatic carbocycles. The number of nitrogens with one attached hydrogen (secondary N) is 2. The Bertz CT molecular complexity index is 2100. The number of carboxylic acids is 1. The van der Waals surface area contributed by atoms with Gasteiger partial charge in [0.1, 0.15) is 47.6 Å². The first-order valence-corrected chi connectivity index (χ1v) is 19.6. The van der Waals surface area contributed by atoms with Gasteiger partial charge in [-0.05, 0) is 74.8 Å². The van der Waals surface area contributed by atoms with Crippen LogP contribution in [0, 0.1) is 0 Å². The van der Waals surface area contributed by atoms with Gasteiger partial charge in [-0.2, -0.15) is 0 Å². The van der Waals surface area contributed by atoms with E-state index in [-0.39, 0.29) is 31.9 Å². The van der Waals surface area contributed by atoms with Gasteiger partial charge in [-0.3, -0.25) is 9.59 Å². The van der Waals surface area contributed by atoms with E-state index < -0.39 is 48.1 Å². The highest BCUT2D eigenvalue weighted by molar-refractivity contribution is 5.94. The van der Waals surface area contributed by atoms with Crippen LogP contribution in [0.15, 0.2) is 91.0 Å². The number of alkyl carbamates (subject to hydrolysis) is 1. The summed E-state index contributed by atoms with van der Waals surface area (Å²) in [6.07, 6.45) is 6.86. The van der Waals surface area contributed by atoms with Gasteiger partial charge < -0.3 is 39.6 Å². The number of hydrogen-bond acceptors (Lipinski definition) is 9. The number of aromatic nitrogens is 1. The van der Waals surface area contributed by atoms with Crippen LogP contribution in [-0.4, -0.2) is 89.5 Å². The van der Waals surface area contributed by atoms with Crippen molar-refractivity contribution in [2.75, 3.05) is 20.3 Å². The van der Waals surface area contributed by atoms with Gasteiger partial charge in [-0.15, -0.1) is 0 Å². The summed E-state index contributed by atoms with van der Waals surface area (Å²) in [5.41, 5.74) is 2.88. The molecule has 2 bridgehead atoms. The van der Waals surface area contributed by atoms with Crippen molar-refractivity contribution in [3.05, 3.63) is 96.6 Å². The maximum Gasteiger partial charge on any atom is 0.408 e. The van der Waals surface area contributed by atoms with E-state index in [1.807, 2.05) is 91.0 Å². The standard InChI is InChI=1S/C44H48N4O9/c1-54-31-19-20-34-37(24-31)45-36(29-13-5-4-6-14-29)26-40(34)56-33-25-39-41(49)46-35(43(51)52)18-7-2-3-10-21-55-32-17-11-12-28(22-32)23-38(42(50)48(39)27-33)47-44(53)57-30-15-8-9-16-30/h2-6,11-14,17,19-20,22,24,26,30,33,35,38-39H,7-10,15-16,18,21,23,25,27H2,1H3,(H,46,49)(H,47,53)(H,51,52)/b3-2+/t33-,35-,38-,39+/m1/s1. The molecule has 1 saturated carbocycles. The number of hydrogen-bond donors (Lipinski definition) is 3. The predicted octanol–water partition coefficient (Wildman–Crippen LogP) is 6.23. The van der Waals surface area contributed by atoms with Crippen LogP contribution >= 0.6 is 0 Å². The molecule has 0 unspecified atom stereocenters. The van der Waals surface area contributed by atoms with E-state index in [9.17, 15) is 24.3 Å². The number of aliphatic carboxylic acids is 1. The van der Waals surface area contributed by atoms with Crippen molar-refractivity contribution in [3.8, 4) is 28.5 Å². The Morgan fingerprint density at radius 2 is 1.74 bits per heavy atom. The van der Waals surface area contributed by atoms with Crippen LogP contribution in [0.2, 0.25) is 0 Å². The number of methoxy groups -OCH3 is 1. The third-order valence-corrected chi connectivity index (χ3v) is 10.7. The summed E-state index contributed by atoms with van der Waals surface area (Å²) >= 11 is 0. The van der Waals surface area contributed by atoms with Crippen LogP contribution in [0.3, 0.4) is 0 Å². The largest absolute Gasteiger partial charge is 0.497 e. The molecule has 57 heavy (non-hydrogen) atoms. The fourth-order valence-electron chi connectivity index (χ4n) is 7.71. The van der Waals surface area contributed by atoms with Crippen LogP contribution in [0.4, 0.5) is 4.79 Å². The van der Waals surface area contributed by atoms with Gasteiger partial charge in [0.05, 0.1) is 31.5 Å². The second kappa shape index (κ2) is 18.2. The zero-order valence-corrected chi connectivity index (χ0v) is 31.9. The molecule has 13 nitrogen and oxygen atoms in total. The number of pyridine rings is 1. The maximum absolute atomic E-state index is 14.8. The third kappa shape index (κ3) is 9.83. The first-order chi connectivity index (χ1) is 27.7. The molecule has 0 radical (unpaired) electrons. The Morgan fingerprint density at radius 3 is 2.53 bits per heavy atom. The van der Waals surface area contributed by atoms with Crippen molar-refractivity contribution >= 4 is 34.8 Å². The molecule has 2 aliphatic heterocycles. The van der Waals surface area contributed by atoms with E-state index in [0.29, 0.717) is 53.3 Å². The molecule has 13 heteroatoms. The van der Waals surface area contributed by atoms with E-state index in [1.165, 1.54) is 4.90 Å². The van der Waals surface area contributed by atoms with Gasteiger partial charge in [-0.1, -0.05) is 54.6 Å². The highest BCUT2D eigenvalue weighted by Gasteiger charge is 2.44. The number of carboxylic acid groups (broad SMARTS) is 1. The normalized spacial score (nSPS) is 22.6. The SMILES string of the molecule is COc1ccc2c(O[C@@H]3C[C@H]4C(=O)N[C@@H](C(=O)O)CC/C=C/CCOc5cccc(c5)C[C@@H](NC(=O)OC5CCCC5)C(=O)N4C3)cc(-c3ccccc3)nc2c1. The Hall–Kier alpha value is -6.11. The summed E-state index contributed by atoms with van der Waals surface area (Å²) in [6.45, 7) is 0.369. The van der Waals surface area contributed by atoms with Crippen molar-refractivity contribution in [1.29, 1.82) is 0 Å². The van der Waals surface area contributed by atoms with Gasteiger partial charge in [0, 0.05) is 35.9 Å². The van der Waals surface area contributed by atoms with Crippen LogP contribution in [0.25, 0.3) is 22.2 Å². The highest BCUT2D eigenvalue weighted by atomic mass is 16.6. The molecule has 298 valence electrons. The van der Waals surface area contributed by atoms with Crippen LogP contribution < -0.4 is 24.8 Å². The molecule has 1 aromatic heterocycles. The first-order valence-electron chi connectivity index (χ1n) is 19.6. The van der Waals surface area contributed by atoms with E-state index in [1.54, 1.807) is 7.11 Å². The minimum absolute atomic E-state index is 0.0168. The van der Waals surface area contributed by atoms with E-state index in [2.05, 4.69) is 10.6 Å². The molecule has 2 fully saturated rings. The lowest BCUT2D eigenvalue weighted by Gasteiger charge is -2.29. The van der Waals surface area contributed by atoms with Gasteiger partial charge in [0.15, 0.2) is 0 Å². The molecule has 3 heterocycles. The molecular weight excluding hydrogens is 729 g/mol. The predicted molar refractivity (Wildman–Crippen MR) is 212 cm³/mol. The van der Waals surface area contributed by atoms with Gasteiger partial charge >= 0.3 is 12.1 Å². The number of allylic oxidation sites excluding steroid dienone is 1. The zero-order valence-electron chi connectivity index (χ0n) is 31.9. The summed E-state index contributed by atoms with van der Waals surface area (Å²) in [4.78, 5) is 61.0. The molecule has 3 amide bonds. The highest BCUT2D eigenvalue weighted by Crippen LogP contribution is 2.35. The summed E-state index contributed by atoms with van der Waals surface area (Å²) in [6, 6.07) is 20.9. The first kappa shape index (κ1) is 39.1. The van der Waals surface area contributed by atoms with E-state index in [0.717, 1.165) is 36.8 Å². The van der Waals surface area contributed by atoms with Crippen LogP contribution in [-0.2, 0) is 25.5 Å². The maximum atomic E-state index is 14.8. The summed E-state index contributed by atoms with van der Waals surface area (Å²) < 4.78 is 23.9. The van der Waals surface area contributed by atoms with Gasteiger partial charge in [0.2, 0.25) is 11.8 Å². The summed E-state index contributed by atoms with van der Waals surface area (Å²) in [7, 11) is 1.58. The number of nitrogens with zero attached hydrogens (tertiary/aromatic N) is 2. The molecule has 3 N–H and O–H groups in total. The number of carbonyl (C=O) groups is 4. The number of benzene rings is 3. The van der Waals surface area contributed by atoms with Gasteiger partial charge in [-0.25, -0.2) is 14.6 Å². The van der Waals surface area contributed by atoms with Crippen molar-refractivity contribution in [2.45, 2.75) is 88.1 Å². The molecule has 7 rings (SSSR count). The number of ether oxygens (including phenoxy) is 4. The molecule has 4 atom stereocenters. The molecular formula is C44H48N4O9. The molecule has 1 aliphatic carbocycles. The summed E-state index contributed by atoms with van der Waals surface area (Å²) in [5, 5.41) is 16.3. The Morgan fingerprint density at radius 1 is 0.930 bits per heavy atom. The molecule has 3 aliphatic rings. The topological polar surface area (TPSA) is 166 Å². The Kier molecular flexibility index (Phi) is 12.5. The average molecular weight is 777 g/mol. The Labute approximate surface area is 331 Å². The third-order valence-electron chi connectivity index (χ3n) is 10.7. The van der Waals surface area contributed by atoms with Crippen molar-refractivity contribution < 1.29 is 43.2 Å². The van der Waals surface area contributed by atoms with Crippen molar-refractivity contribution in [2.24, 2.45) is 0 Å². The number of rotatable bonds is 7. The average Bonchev–Trinajstić information content (AvgIpc) is 3.89. The van der Waals surface area contributed by atoms with Crippen molar-refractivity contribution in [3.63, 3.8) is 0 Å². The molecule has 1 saturated heterocycles. The fourth-order valence-corrected chi connectivity index (χ4v) is 7.71. The lowest BCUT2D eigenvalue weighted by atomic mass is 10.0. The zero-order chi connectivity index (χ0) is 39.7. The van der Waals surface area contributed by atoms with E-state index >= 15 is 0 Å². The lowest BCUT2D eigenvalue weighted by Crippen LogP contribution is -2.56.